The molecule has 0 N–H and O–H groups in total. The molecule has 0 aliphatic heterocycles. The lowest BCUT2D eigenvalue weighted by atomic mass is 10.2. The standard InChI is InChI=1S/C11H12BrF3O/c12-6-1-2-7-16-10-5-3-4-9(8-10)11(13,14)15/h3-5,8H,1-2,6-7H2. The number of rotatable bonds is 5. The van der Waals surface area contributed by atoms with Crippen molar-refractivity contribution in [2.24, 2.45) is 0 Å². The van der Waals surface area contributed by atoms with Gasteiger partial charge in [0, 0.05) is 5.33 Å². The second-order valence-corrected chi connectivity index (χ2v) is 4.06. The van der Waals surface area contributed by atoms with Gasteiger partial charge in [0.05, 0.1) is 12.2 Å². The zero-order chi connectivity index (χ0) is 12.0. The average Bonchev–Trinajstić information content (AvgIpc) is 2.24. The molecule has 1 rings (SSSR count). The first kappa shape index (κ1) is 13.4. The van der Waals surface area contributed by atoms with Crippen molar-refractivity contribution in [3.63, 3.8) is 0 Å². The second-order valence-electron chi connectivity index (χ2n) is 3.27. The van der Waals surface area contributed by atoms with E-state index in [1.54, 1.807) is 0 Å². The van der Waals surface area contributed by atoms with E-state index < -0.39 is 11.7 Å². The van der Waals surface area contributed by atoms with E-state index in [-0.39, 0.29) is 5.75 Å². The molecule has 0 amide bonds. The zero-order valence-electron chi connectivity index (χ0n) is 8.56. The van der Waals surface area contributed by atoms with Gasteiger partial charge in [0.25, 0.3) is 0 Å². The first-order valence-corrected chi connectivity index (χ1v) is 6.02. The lowest BCUT2D eigenvalue weighted by Crippen LogP contribution is -2.05. The van der Waals surface area contributed by atoms with Gasteiger partial charge in [-0.3, -0.25) is 0 Å². The van der Waals surface area contributed by atoms with Gasteiger partial charge in [-0.2, -0.15) is 13.2 Å². The zero-order valence-corrected chi connectivity index (χ0v) is 10.1. The first-order chi connectivity index (χ1) is 7.54. The van der Waals surface area contributed by atoms with Crippen LogP contribution in [0.1, 0.15) is 18.4 Å². The van der Waals surface area contributed by atoms with Gasteiger partial charge in [0.1, 0.15) is 5.75 Å². The van der Waals surface area contributed by atoms with E-state index in [4.69, 9.17) is 4.74 Å². The van der Waals surface area contributed by atoms with Gasteiger partial charge in [-0.15, -0.1) is 0 Å². The molecule has 0 saturated heterocycles. The third kappa shape index (κ3) is 4.43. The molecule has 16 heavy (non-hydrogen) atoms. The molecule has 0 bridgehead atoms. The molecule has 0 atom stereocenters. The molecule has 0 spiro atoms. The molecule has 0 fully saturated rings. The maximum Gasteiger partial charge on any atom is 0.416 e. The summed E-state index contributed by atoms with van der Waals surface area (Å²) in [5.41, 5.74) is -0.675. The van der Waals surface area contributed by atoms with Crippen molar-refractivity contribution in [1.29, 1.82) is 0 Å². The van der Waals surface area contributed by atoms with Gasteiger partial charge >= 0.3 is 6.18 Å². The van der Waals surface area contributed by atoms with Crippen molar-refractivity contribution in [1.82, 2.24) is 0 Å². The molecular weight excluding hydrogens is 285 g/mol. The Balaban J connectivity index is 2.54. The summed E-state index contributed by atoms with van der Waals surface area (Å²) in [7, 11) is 0. The van der Waals surface area contributed by atoms with Crippen LogP contribution in [0.4, 0.5) is 13.2 Å². The normalized spacial score (nSPS) is 11.5. The van der Waals surface area contributed by atoms with Crippen molar-refractivity contribution in [2.75, 3.05) is 11.9 Å². The van der Waals surface area contributed by atoms with Gasteiger partial charge in [-0.25, -0.2) is 0 Å². The number of benzene rings is 1. The lowest BCUT2D eigenvalue weighted by molar-refractivity contribution is -0.137. The molecule has 0 aliphatic rings. The van der Waals surface area contributed by atoms with Crippen LogP contribution >= 0.6 is 15.9 Å². The number of halogens is 4. The fourth-order valence-electron chi connectivity index (χ4n) is 1.15. The third-order valence-corrected chi connectivity index (χ3v) is 2.52. The third-order valence-electron chi connectivity index (χ3n) is 1.96. The van der Waals surface area contributed by atoms with E-state index in [0.29, 0.717) is 6.61 Å². The van der Waals surface area contributed by atoms with Crippen LogP contribution in [0.5, 0.6) is 5.75 Å². The Morgan fingerprint density at radius 1 is 1.19 bits per heavy atom. The molecule has 1 aromatic rings. The van der Waals surface area contributed by atoms with Crippen LogP contribution in [0.25, 0.3) is 0 Å². The summed E-state index contributed by atoms with van der Waals surface area (Å²) in [5.74, 6) is 0.268. The molecule has 0 radical (unpaired) electrons. The molecule has 0 unspecified atom stereocenters. The van der Waals surface area contributed by atoms with Crippen molar-refractivity contribution in [2.45, 2.75) is 19.0 Å². The van der Waals surface area contributed by atoms with Gasteiger partial charge in [0.2, 0.25) is 0 Å². The SMILES string of the molecule is FC(F)(F)c1cccc(OCCCCBr)c1. The highest BCUT2D eigenvalue weighted by atomic mass is 79.9. The number of alkyl halides is 4. The molecule has 90 valence electrons. The monoisotopic (exact) mass is 296 g/mol. The minimum absolute atomic E-state index is 0.268. The van der Waals surface area contributed by atoms with E-state index in [2.05, 4.69) is 15.9 Å². The van der Waals surface area contributed by atoms with E-state index in [1.165, 1.54) is 12.1 Å². The summed E-state index contributed by atoms with van der Waals surface area (Å²) in [4.78, 5) is 0. The highest BCUT2D eigenvalue weighted by Gasteiger charge is 2.30. The van der Waals surface area contributed by atoms with Crippen molar-refractivity contribution >= 4 is 15.9 Å². The van der Waals surface area contributed by atoms with E-state index >= 15 is 0 Å². The Morgan fingerprint density at radius 2 is 1.94 bits per heavy atom. The van der Waals surface area contributed by atoms with Crippen molar-refractivity contribution < 1.29 is 17.9 Å². The van der Waals surface area contributed by atoms with E-state index in [1.807, 2.05) is 0 Å². The van der Waals surface area contributed by atoms with Crippen molar-refractivity contribution in [3.8, 4) is 5.75 Å². The van der Waals surface area contributed by atoms with Crippen LogP contribution in [-0.4, -0.2) is 11.9 Å². The molecule has 0 aliphatic carbocycles. The Labute approximate surface area is 101 Å². The number of ether oxygens (including phenoxy) is 1. The molecule has 0 heterocycles. The summed E-state index contributed by atoms with van der Waals surface area (Å²) in [5, 5.41) is 0.874. The first-order valence-electron chi connectivity index (χ1n) is 4.90. The number of hydrogen-bond donors (Lipinski definition) is 0. The number of hydrogen-bond acceptors (Lipinski definition) is 1. The Morgan fingerprint density at radius 3 is 2.56 bits per heavy atom. The van der Waals surface area contributed by atoms with Crippen LogP contribution in [-0.2, 0) is 6.18 Å². The fraction of sp³-hybridized carbons (Fsp3) is 0.455. The summed E-state index contributed by atoms with van der Waals surface area (Å²) in [6.07, 6.45) is -2.55. The molecular formula is C11H12BrF3O. The molecule has 1 aromatic carbocycles. The van der Waals surface area contributed by atoms with E-state index in [0.717, 1.165) is 30.3 Å². The smallest absolute Gasteiger partial charge is 0.416 e. The van der Waals surface area contributed by atoms with Gasteiger partial charge < -0.3 is 4.74 Å². The quantitative estimate of drug-likeness (QED) is 0.583. The van der Waals surface area contributed by atoms with Crippen LogP contribution in [0, 0.1) is 0 Å². The van der Waals surface area contributed by atoms with E-state index in [9.17, 15) is 13.2 Å². The summed E-state index contributed by atoms with van der Waals surface area (Å²) >= 11 is 3.27. The Bertz CT molecular complexity index is 325. The maximum absolute atomic E-state index is 12.3. The topological polar surface area (TPSA) is 9.23 Å². The highest BCUT2D eigenvalue weighted by Crippen LogP contribution is 2.31. The fourth-order valence-corrected chi connectivity index (χ4v) is 1.55. The minimum atomic E-state index is -4.31. The summed E-state index contributed by atoms with van der Waals surface area (Å²) < 4.78 is 42.3. The highest BCUT2D eigenvalue weighted by molar-refractivity contribution is 9.09. The summed E-state index contributed by atoms with van der Waals surface area (Å²) in [6.45, 7) is 0.437. The Kier molecular flexibility index (Phi) is 5.12. The van der Waals surface area contributed by atoms with Gasteiger partial charge in [-0.05, 0) is 31.0 Å². The van der Waals surface area contributed by atoms with Gasteiger partial charge in [-0.1, -0.05) is 22.0 Å². The summed E-state index contributed by atoms with van der Waals surface area (Å²) in [6, 6.07) is 4.94. The predicted molar refractivity (Wildman–Crippen MR) is 60.0 cm³/mol. The van der Waals surface area contributed by atoms with Gasteiger partial charge in [0.15, 0.2) is 0 Å². The molecule has 0 aromatic heterocycles. The largest absolute Gasteiger partial charge is 0.494 e. The number of unbranched alkanes of at least 4 members (excludes halogenated alkanes) is 1. The maximum atomic E-state index is 12.3. The lowest BCUT2D eigenvalue weighted by Gasteiger charge is -2.09. The van der Waals surface area contributed by atoms with Crippen LogP contribution < -0.4 is 4.74 Å². The van der Waals surface area contributed by atoms with Crippen LogP contribution in [0.15, 0.2) is 24.3 Å². The average molecular weight is 297 g/mol. The second kappa shape index (κ2) is 6.13. The van der Waals surface area contributed by atoms with Crippen LogP contribution in [0.2, 0.25) is 0 Å². The molecule has 5 heteroatoms. The predicted octanol–water partition coefficient (Wildman–Crippen LogP) is 4.26. The molecule has 0 saturated carbocycles. The van der Waals surface area contributed by atoms with Crippen LogP contribution in [0.3, 0.4) is 0 Å². The van der Waals surface area contributed by atoms with Crippen molar-refractivity contribution in [3.05, 3.63) is 29.8 Å². The Hall–Kier alpha value is -0.710. The minimum Gasteiger partial charge on any atom is -0.494 e. The molecule has 1 nitrogen and oxygen atoms in total.